The molecule has 5 nitrogen and oxygen atoms in total. The van der Waals surface area contributed by atoms with Crippen LogP contribution in [0.3, 0.4) is 0 Å². The Bertz CT molecular complexity index is 555. The fourth-order valence-corrected chi connectivity index (χ4v) is 7.51. The molecule has 2 saturated carbocycles. The van der Waals surface area contributed by atoms with Crippen LogP contribution in [-0.2, 0) is 9.53 Å². The summed E-state index contributed by atoms with van der Waals surface area (Å²) in [6.45, 7) is 2.33. The predicted octanol–water partition coefficient (Wildman–Crippen LogP) is 1.79. The van der Waals surface area contributed by atoms with Crippen molar-refractivity contribution in [3.63, 3.8) is 0 Å². The van der Waals surface area contributed by atoms with Gasteiger partial charge in [0.15, 0.2) is 0 Å². The van der Waals surface area contributed by atoms with Crippen molar-refractivity contribution in [2.75, 3.05) is 20.2 Å². The van der Waals surface area contributed by atoms with Crippen LogP contribution in [0.1, 0.15) is 51.4 Å². The summed E-state index contributed by atoms with van der Waals surface area (Å²) in [5, 5.41) is 14.6. The number of aliphatic hydroxyl groups excluding tert-OH is 1. The molecule has 3 saturated heterocycles. The van der Waals surface area contributed by atoms with Gasteiger partial charge in [-0.3, -0.25) is 9.69 Å². The Morgan fingerprint density at radius 3 is 2.77 bits per heavy atom. The van der Waals surface area contributed by atoms with E-state index in [2.05, 4.69) is 10.2 Å². The van der Waals surface area contributed by atoms with E-state index in [0.717, 1.165) is 43.7 Å². The number of nitrogens with zero attached hydrogens (tertiary/aromatic N) is 1. The maximum Gasteiger partial charge on any atom is 0.311 e. The highest BCUT2D eigenvalue weighted by atomic mass is 16.5. The minimum atomic E-state index is -0.520. The van der Waals surface area contributed by atoms with Gasteiger partial charge in [-0.1, -0.05) is 12.8 Å². The van der Waals surface area contributed by atoms with E-state index < -0.39 is 6.10 Å². The van der Waals surface area contributed by atoms with Crippen LogP contribution < -0.4 is 5.32 Å². The SMILES string of the molecule is COC(=O)[C@@H]1[C@H]2CC3C4NC5CCCCC5C4CCN3C[C@@H]2CC[C@@H]1O. The van der Waals surface area contributed by atoms with Gasteiger partial charge in [0.05, 0.1) is 19.1 Å². The monoisotopic (exact) mass is 362 g/mol. The maximum absolute atomic E-state index is 12.4. The first-order valence-electron chi connectivity index (χ1n) is 10.9. The van der Waals surface area contributed by atoms with E-state index in [9.17, 15) is 9.90 Å². The summed E-state index contributed by atoms with van der Waals surface area (Å²) in [5.74, 6) is 2.02. The number of piperidine rings is 2. The van der Waals surface area contributed by atoms with Gasteiger partial charge in [0.2, 0.25) is 0 Å². The van der Waals surface area contributed by atoms with Crippen molar-refractivity contribution in [3.8, 4) is 0 Å². The largest absolute Gasteiger partial charge is 0.469 e. The quantitative estimate of drug-likeness (QED) is 0.697. The Morgan fingerprint density at radius 2 is 1.92 bits per heavy atom. The number of methoxy groups -OCH3 is 1. The summed E-state index contributed by atoms with van der Waals surface area (Å²) >= 11 is 0. The second-order valence-corrected chi connectivity index (χ2v) is 9.62. The molecule has 0 aromatic carbocycles. The van der Waals surface area contributed by atoms with Crippen LogP contribution in [0.2, 0.25) is 0 Å². The number of fused-ring (bicyclic) bond motifs is 6. The van der Waals surface area contributed by atoms with E-state index in [1.54, 1.807) is 0 Å². The number of esters is 1. The van der Waals surface area contributed by atoms with Crippen molar-refractivity contribution in [1.82, 2.24) is 10.2 Å². The smallest absolute Gasteiger partial charge is 0.311 e. The van der Waals surface area contributed by atoms with E-state index in [1.807, 2.05) is 0 Å². The van der Waals surface area contributed by atoms with Gasteiger partial charge in [-0.15, -0.1) is 0 Å². The zero-order valence-electron chi connectivity index (χ0n) is 16.0. The highest BCUT2D eigenvalue weighted by Gasteiger charge is 2.55. The minimum Gasteiger partial charge on any atom is -0.469 e. The Labute approximate surface area is 156 Å². The van der Waals surface area contributed by atoms with E-state index in [0.29, 0.717) is 18.0 Å². The second kappa shape index (κ2) is 6.75. The van der Waals surface area contributed by atoms with Crippen LogP contribution in [0.25, 0.3) is 0 Å². The summed E-state index contributed by atoms with van der Waals surface area (Å²) in [4.78, 5) is 15.1. The Morgan fingerprint density at radius 1 is 1.08 bits per heavy atom. The summed E-state index contributed by atoms with van der Waals surface area (Å²) in [6, 6.07) is 1.86. The van der Waals surface area contributed by atoms with E-state index >= 15 is 0 Å². The van der Waals surface area contributed by atoms with Crippen molar-refractivity contribution in [1.29, 1.82) is 0 Å². The molecule has 0 aromatic rings. The average molecular weight is 363 g/mol. The molecule has 0 spiro atoms. The highest BCUT2D eigenvalue weighted by Crippen LogP contribution is 2.49. The van der Waals surface area contributed by atoms with Crippen molar-refractivity contribution in [2.45, 2.75) is 75.6 Å². The first-order valence-corrected chi connectivity index (χ1v) is 10.9. The third-order valence-electron chi connectivity index (χ3n) is 8.64. The molecular weight excluding hydrogens is 328 g/mol. The number of hydrogen-bond acceptors (Lipinski definition) is 5. The number of rotatable bonds is 1. The summed E-state index contributed by atoms with van der Waals surface area (Å²) in [6.07, 6.45) is 9.20. The third-order valence-corrected chi connectivity index (χ3v) is 8.64. The molecule has 5 fully saturated rings. The highest BCUT2D eigenvalue weighted by molar-refractivity contribution is 5.73. The van der Waals surface area contributed by atoms with Gasteiger partial charge in [-0.25, -0.2) is 0 Å². The molecule has 3 heterocycles. The molecule has 5 heteroatoms. The lowest BCUT2D eigenvalue weighted by Gasteiger charge is -2.54. The normalized spacial score (nSPS) is 50.9. The zero-order chi connectivity index (χ0) is 17.8. The lowest BCUT2D eigenvalue weighted by Crippen LogP contribution is -2.62. The number of hydrogen-bond donors (Lipinski definition) is 2. The van der Waals surface area contributed by atoms with Crippen molar-refractivity contribution < 1.29 is 14.6 Å². The van der Waals surface area contributed by atoms with Gasteiger partial charge in [0.25, 0.3) is 0 Å². The van der Waals surface area contributed by atoms with Crippen LogP contribution in [-0.4, -0.2) is 60.4 Å². The minimum absolute atomic E-state index is 0.193. The molecule has 5 rings (SSSR count). The molecule has 3 aliphatic heterocycles. The molecule has 146 valence electrons. The predicted molar refractivity (Wildman–Crippen MR) is 98.5 cm³/mol. The van der Waals surface area contributed by atoms with Crippen LogP contribution in [0.15, 0.2) is 0 Å². The molecular formula is C21H34N2O3. The maximum atomic E-state index is 12.4. The first kappa shape index (κ1) is 17.4. The van der Waals surface area contributed by atoms with E-state index in [4.69, 9.17) is 4.74 Å². The number of nitrogens with one attached hydrogen (secondary N) is 1. The van der Waals surface area contributed by atoms with Crippen molar-refractivity contribution in [2.24, 2.45) is 29.6 Å². The standard InChI is InChI=1S/C21H34N2O3/c1-26-21(25)19-15-10-17-20-14(13-4-2-3-5-16(13)22-20)8-9-23(17)11-12(15)6-7-18(19)24/h12-20,22,24H,2-11H2,1H3/t12-,13?,14?,15-,16?,17?,18-,19+,20?/m0/s1. The lowest BCUT2D eigenvalue weighted by molar-refractivity contribution is -0.161. The third kappa shape index (κ3) is 2.65. The van der Waals surface area contributed by atoms with Crippen LogP contribution in [0, 0.1) is 29.6 Å². The summed E-state index contributed by atoms with van der Waals surface area (Å²) in [5.41, 5.74) is 0. The Balaban J connectivity index is 1.38. The second-order valence-electron chi connectivity index (χ2n) is 9.62. The Hall–Kier alpha value is -0.650. The van der Waals surface area contributed by atoms with E-state index in [-0.39, 0.29) is 17.8 Å². The number of carbonyl (C=O) groups is 1. The zero-order valence-corrected chi connectivity index (χ0v) is 16.0. The van der Waals surface area contributed by atoms with Gasteiger partial charge >= 0.3 is 5.97 Å². The van der Waals surface area contributed by atoms with Crippen LogP contribution in [0.4, 0.5) is 0 Å². The molecule has 2 N–H and O–H groups in total. The fourth-order valence-electron chi connectivity index (χ4n) is 7.51. The Kier molecular flexibility index (Phi) is 4.53. The van der Waals surface area contributed by atoms with Gasteiger partial charge in [-0.05, 0) is 68.7 Å². The summed E-state index contributed by atoms with van der Waals surface area (Å²) < 4.78 is 5.08. The van der Waals surface area contributed by atoms with Gasteiger partial charge in [0, 0.05) is 24.7 Å². The van der Waals surface area contributed by atoms with Crippen molar-refractivity contribution in [3.05, 3.63) is 0 Å². The van der Waals surface area contributed by atoms with Gasteiger partial charge < -0.3 is 15.2 Å². The topological polar surface area (TPSA) is 61.8 Å². The number of aliphatic hydroxyl groups is 1. The lowest BCUT2D eigenvalue weighted by atomic mass is 9.63. The molecule has 0 amide bonds. The molecule has 26 heavy (non-hydrogen) atoms. The van der Waals surface area contributed by atoms with Crippen LogP contribution >= 0.6 is 0 Å². The molecule has 2 aliphatic carbocycles. The van der Waals surface area contributed by atoms with E-state index in [1.165, 1.54) is 45.8 Å². The average Bonchev–Trinajstić information content (AvgIpc) is 3.05. The summed E-state index contributed by atoms with van der Waals surface area (Å²) in [7, 11) is 1.47. The first-order chi connectivity index (χ1) is 12.7. The molecule has 5 unspecified atom stereocenters. The molecule has 0 aromatic heterocycles. The van der Waals surface area contributed by atoms with Gasteiger partial charge in [0.1, 0.15) is 0 Å². The number of ether oxygens (including phenoxy) is 1. The molecule has 0 radical (unpaired) electrons. The van der Waals surface area contributed by atoms with Gasteiger partial charge in [-0.2, -0.15) is 0 Å². The molecule has 5 aliphatic rings. The van der Waals surface area contributed by atoms with Crippen molar-refractivity contribution >= 4 is 5.97 Å². The fraction of sp³-hybridized carbons (Fsp3) is 0.952. The number of carbonyl (C=O) groups excluding carboxylic acids is 1. The van der Waals surface area contributed by atoms with Crippen LogP contribution in [0.5, 0.6) is 0 Å². The molecule has 0 bridgehead atoms. The molecule has 9 atom stereocenters.